The van der Waals surface area contributed by atoms with Gasteiger partial charge in [0.15, 0.2) is 0 Å². The van der Waals surface area contributed by atoms with Crippen LogP contribution in [0.2, 0.25) is 0 Å². The first-order valence-corrected chi connectivity index (χ1v) is 10.9. The van der Waals surface area contributed by atoms with Crippen LogP contribution in [-0.2, 0) is 4.79 Å². The van der Waals surface area contributed by atoms with Crippen molar-refractivity contribution in [2.75, 3.05) is 29.9 Å². The van der Waals surface area contributed by atoms with Crippen molar-refractivity contribution < 1.29 is 9.59 Å². The number of piperidine rings is 1. The van der Waals surface area contributed by atoms with Crippen LogP contribution in [0.1, 0.15) is 69.7 Å². The second-order valence-corrected chi connectivity index (χ2v) is 8.98. The first kappa shape index (κ1) is 20.7. The zero-order valence-electron chi connectivity index (χ0n) is 17.6. The first-order valence-electron chi connectivity index (χ1n) is 10.9. The summed E-state index contributed by atoms with van der Waals surface area (Å²) in [5.41, 5.74) is 2.37. The quantitative estimate of drug-likeness (QED) is 0.761. The highest BCUT2D eigenvalue weighted by Gasteiger charge is 2.25. The lowest BCUT2D eigenvalue weighted by Gasteiger charge is -2.33. The van der Waals surface area contributed by atoms with E-state index >= 15 is 0 Å². The number of benzene rings is 1. The van der Waals surface area contributed by atoms with Gasteiger partial charge in [-0.1, -0.05) is 33.6 Å². The van der Waals surface area contributed by atoms with Crippen LogP contribution in [0.5, 0.6) is 0 Å². The van der Waals surface area contributed by atoms with Crippen molar-refractivity contribution in [2.24, 2.45) is 17.8 Å². The van der Waals surface area contributed by atoms with Crippen LogP contribution in [0.4, 0.5) is 11.4 Å². The smallest absolute Gasteiger partial charge is 0.253 e. The topological polar surface area (TPSA) is 61.4 Å². The van der Waals surface area contributed by atoms with E-state index in [1.807, 2.05) is 18.2 Å². The molecule has 0 unspecified atom stereocenters. The predicted molar refractivity (Wildman–Crippen MR) is 115 cm³/mol. The standard InChI is InChI=1S/C23H35N3O2/c1-16(2)15-24-23(28)20-14-19(25-22(27)18-6-4-5-7-18)8-9-21(20)26-12-10-17(3)11-13-26/h8-9,14,16-18H,4-7,10-13,15H2,1-3H3,(H,24,28)(H,25,27). The third kappa shape index (κ3) is 5.27. The molecule has 1 aliphatic heterocycles. The Hall–Kier alpha value is -2.04. The van der Waals surface area contributed by atoms with E-state index in [0.717, 1.165) is 68.9 Å². The summed E-state index contributed by atoms with van der Waals surface area (Å²) >= 11 is 0. The molecule has 1 saturated carbocycles. The number of amides is 2. The molecule has 2 fully saturated rings. The van der Waals surface area contributed by atoms with E-state index in [9.17, 15) is 9.59 Å². The summed E-state index contributed by atoms with van der Waals surface area (Å²) in [6, 6.07) is 5.81. The maximum absolute atomic E-state index is 12.9. The summed E-state index contributed by atoms with van der Waals surface area (Å²) in [4.78, 5) is 27.7. The maximum Gasteiger partial charge on any atom is 0.253 e. The van der Waals surface area contributed by atoms with Gasteiger partial charge in [-0.05, 0) is 55.7 Å². The van der Waals surface area contributed by atoms with Gasteiger partial charge < -0.3 is 15.5 Å². The molecule has 2 aliphatic rings. The van der Waals surface area contributed by atoms with E-state index in [1.165, 1.54) is 0 Å². The van der Waals surface area contributed by atoms with Gasteiger partial charge in [-0.2, -0.15) is 0 Å². The summed E-state index contributed by atoms with van der Waals surface area (Å²) in [5.74, 6) is 1.28. The molecule has 28 heavy (non-hydrogen) atoms. The molecule has 154 valence electrons. The summed E-state index contributed by atoms with van der Waals surface area (Å²) in [7, 11) is 0. The number of carbonyl (C=O) groups excluding carboxylic acids is 2. The Balaban J connectivity index is 1.80. The minimum Gasteiger partial charge on any atom is -0.371 e. The van der Waals surface area contributed by atoms with Crippen LogP contribution in [0, 0.1) is 17.8 Å². The molecule has 1 saturated heterocycles. The number of nitrogens with one attached hydrogen (secondary N) is 2. The summed E-state index contributed by atoms with van der Waals surface area (Å²) < 4.78 is 0. The molecule has 5 heteroatoms. The molecule has 5 nitrogen and oxygen atoms in total. The van der Waals surface area contributed by atoms with Gasteiger partial charge in [0, 0.05) is 36.9 Å². The van der Waals surface area contributed by atoms with Crippen molar-refractivity contribution in [2.45, 2.75) is 59.3 Å². The molecule has 0 radical (unpaired) electrons. The SMILES string of the molecule is CC(C)CNC(=O)c1cc(NC(=O)C2CCCC2)ccc1N1CCC(C)CC1. The van der Waals surface area contributed by atoms with Crippen molar-refractivity contribution in [1.82, 2.24) is 5.32 Å². The third-order valence-electron chi connectivity index (χ3n) is 6.03. The van der Waals surface area contributed by atoms with Crippen LogP contribution >= 0.6 is 0 Å². The summed E-state index contributed by atoms with van der Waals surface area (Å²) in [6.07, 6.45) is 6.50. The summed E-state index contributed by atoms with van der Waals surface area (Å²) in [6.45, 7) is 9.05. The lowest BCUT2D eigenvalue weighted by molar-refractivity contribution is -0.119. The number of anilines is 2. The van der Waals surface area contributed by atoms with Crippen molar-refractivity contribution >= 4 is 23.2 Å². The van der Waals surface area contributed by atoms with Gasteiger partial charge in [-0.25, -0.2) is 0 Å². The normalized spacial score (nSPS) is 18.5. The van der Waals surface area contributed by atoms with E-state index in [1.54, 1.807) is 0 Å². The highest BCUT2D eigenvalue weighted by atomic mass is 16.2. The Bertz CT molecular complexity index is 687. The second-order valence-electron chi connectivity index (χ2n) is 8.98. The van der Waals surface area contributed by atoms with E-state index in [0.29, 0.717) is 18.0 Å². The molecule has 0 bridgehead atoms. The Morgan fingerprint density at radius 2 is 1.79 bits per heavy atom. The van der Waals surface area contributed by atoms with Gasteiger partial charge >= 0.3 is 0 Å². The molecule has 1 aromatic carbocycles. The van der Waals surface area contributed by atoms with Gasteiger partial charge in [0.25, 0.3) is 5.91 Å². The van der Waals surface area contributed by atoms with Crippen molar-refractivity contribution in [3.05, 3.63) is 23.8 Å². The van der Waals surface area contributed by atoms with E-state index in [4.69, 9.17) is 0 Å². The Morgan fingerprint density at radius 1 is 1.11 bits per heavy atom. The largest absolute Gasteiger partial charge is 0.371 e. The van der Waals surface area contributed by atoms with Gasteiger partial charge in [0.2, 0.25) is 5.91 Å². The minimum absolute atomic E-state index is 0.0562. The van der Waals surface area contributed by atoms with Crippen LogP contribution < -0.4 is 15.5 Å². The van der Waals surface area contributed by atoms with Crippen LogP contribution in [-0.4, -0.2) is 31.4 Å². The molecule has 1 aromatic rings. The Morgan fingerprint density at radius 3 is 2.43 bits per heavy atom. The average Bonchev–Trinajstić information content (AvgIpc) is 3.22. The third-order valence-corrected chi connectivity index (χ3v) is 6.03. The average molecular weight is 386 g/mol. The lowest BCUT2D eigenvalue weighted by Crippen LogP contribution is -2.35. The molecule has 1 aliphatic carbocycles. The fourth-order valence-corrected chi connectivity index (χ4v) is 4.15. The molecule has 0 aromatic heterocycles. The fraction of sp³-hybridized carbons (Fsp3) is 0.652. The molecule has 3 rings (SSSR count). The second kappa shape index (κ2) is 9.44. The number of hydrogen-bond donors (Lipinski definition) is 2. The molecule has 0 spiro atoms. The molecular weight excluding hydrogens is 350 g/mol. The van der Waals surface area contributed by atoms with E-state index in [2.05, 4.69) is 36.3 Å². The van der Waals surface area contributed by atoms with Gasteiger partial charge in [0.05, 0.1) is 5.56 Å². The molecule has 0 atom stereocenters. The molecule has 1 heterocycles. The minimum atomic E-state index is -0.0562. The van der Waals surface area contributed by atoms with E-state index < -0.39 is 0 Å². The Labute approximate surface area is 169 Å². The van der Waals surface area contributed by atoms with Gasteiger partial charge in [-0.15, -0.1) is 0 Å². The molecule has 2 amide bonds. The van der Waals surface area contributed by atoms with Crippen molar-refractivity contribution in [1.29, 1.82) is 0 Å². The lowest BCUT2D eigenvalue weighted by atomic mass is 9.97. The van der Waals surface area contributed by atoms with Crippen LogP contribution in [0.3, 0.4) is 0 Å². The number of hydrogen-bond acceptors (Lipinski definition) is 3. The predicted octanol–water partition coefficient (Wildman–Crippen LogP) is 4.44. The number of nitrogens with zero attached hydrogens (tertiary/aromatic N) is 1. The van der Waals surface area contributed by atoms with E-state index in [-0.39, 0.29) is 17.7 Å². The zero-order chi connectivity index (χ0) is 20.1. The number of rotatable bonds is 6. The number of carbonyl (C=O) groups is 2. The fourth-order valence-electron chi connectivity index (χ4n) is 4.15. The molecule has 2 N–H and O–H groups in total. The summed E-state index contributed by atoms with van der Waals surface area (Å²) in [5, 5.41) is 6.09. The maximum atomic E-state index is 12.9. The highest BCUT2D eigenvalue weighted by Crippen LogP contribution is 2.30. The van der Waals surface area contributed by atoms with Gasteiger partial charge in [-0.3, -0.25) is 9.59 Å². The highest BCUT2D eigenvalue weighted by molar-refractivity contribution is 6.02. The molecular formula is C23H35N3O2. The zero-order valence-corrected chi connectivity index (χ0v) is 17.6. The monoisotopic (exact) mass is 385 g/mol. The van der Waals surface area contributed by atoms with Crippen molar-refractivity contribution in [3.8, 4) is 0 Å². The van der Waals surface area contributed by atoms with Crippen LogP contribution in [0.25, 0.3) is 0 Å². The first-order chi connectivity index (χ1) is 13.4. The van der Waals surface area contributed by atoms with Crippen molar-refractivity contribution in [3.63, 3.8) is 0 Å². The van der Waals surface area contributed by atoms with Gasteiger partial charge in [0.1, 0.15) is 0 Å². The Kier molecular flexibility index (Phi) is 6.97. The van der Waals surface area contributed by atoms with Crippen LogP contribution in [0.15, 0.2) is 18.2 Å².